The number of methoxy groups -OCH3 is 2. The number of ether oxygens (including phenoxy) is 2. The standard InChI is InChI=1S/C22H28N2O4/c1-16-5-7-19(8-6-16)14-24(17(2)25)15-22(26)23-12-11-18-9-10-20(27-3)21(13-18)28-4/h5-10,13H,11-12,14-15H2,1-4H3,(H,23,26). The predicted molar refractivity (Wildman–Crippen MR) is 109 cm³/mol. The Balaban J connectivity index is 1.86. The second-order valence-electron chi connectivity index (χ2n) is 6.65. The number of benzene rings is 2. The van der Waals surface area contributed by atoms with Gasteiger partial charge < -0.3 is 19.7 Å². The van der Waals surface area contributed by atoms with E-state index in [2.05, 4.69) is 5.32 Å². The van der Waals surface area contributed by atoms with Gasteiger partial charge in [0.2, 0.25) is 11.8 Å². The van der Waals surface area contributed by atoms with Gasteiger partial charge in [0.1, 0.15) is 0 Å². The summed E-state index contributed by atoms with van der Waals surface area (Å²) < 4.78 is 10.5. The van der Waals surface area contributed by atoms with Crippen LogP contribution in [0.1, 0.15) is 23.6 Å². The zero-order valence-electron chi connectivity index (χ0n) is 17.0. The number of hydrogen-bond acceptors (Lipinski definition) is 4. The number of amides is 2. The summed E-state index contributed by atoms with van der Waals surface area (Å²) in [6, 6.07) is 13.6. The van der Waals surface area contributed by atoms with Gasteiger partial charge in [0.05, 0.1) is 20.8 Å². The van der Waals surface area contributed by atoms with Crippen LogP contribution >= 0.6 is 0 Å². The summed E-state index contributed by atoms with van der Waals surface area (Å²) in [5.74, 6) is 1.02. The Morgan fingerprint density at radius 2 is 1.61 bits per heavy atom. The first-order chi connectivity index (χ1) is 13.4. The van der Waals surface area contributed by atoms with Crippen LogP contribution in [-0.4, -0.2) is 44.0 Å². The topological polar surface area (TPSA) is 67.9 Å². The molecule has 0 spiro atoms. The Hall–Kier alpha value is -3.02. The fourth-order valence-electron chi connectivity index (χ4n) is 2.80. The van der Waals surface area contributed by atoms with Gasteiger partial charge in [-0.2, -0.15) is 0 Å². The van der Waals surface area contributed by atoms with Crippen molar-refractivity contribution in [1.82, 2.24) is 10.2 Å². The van der Waals surface area contributed by atoms with Gasteiger partial charge in [-0.25, -0.2) is 0 Å². The number of nitrogens with one attached hydrogen (secondary N) is 1. The number of hydrogen-bond donors (Lipinski definition) is 1. The normalized spacial score (nSPS) is 10.3. The zero-order chi connectivity index (χ0) is 20.5. The van der Waals surface area contributed by atoms with E-state index in [1.54, 1.807) is 14.2 Å². The lowest BCUT2D eigenvalue weighted by molar-refractivity contribution is -0.134. The van der Waals surface area contributed by atoms with Crippen LogP contribution in [-0.2, 0) is 22.6 Å². The van der Waals surface area contributed by atoms with Crippen LogP contribution in [0.25, 0.3) is 0 Å². The summed E-state index contributed by atoms with van der Waals surface area (Å²) in [4.78, 5) is 25.7. The van der Waals surface area contributed by atoms with Crippen molar-refractivity contribution in [1.29, 1.82) is 0 Å². The average Bonchev–Trinajstić information content (AvgIpc) is 2.68. The SMILES string of the molecule is COc1ccc(CCNC(=O)CN(Cc2ccc(C)cc2)C(C)=O)cc1OC. The number of carbonyl (C=O) groups is 2. The van der Waals surface area contributed by atoms with Crippen molar-refractivity contribution in [3.63, 3.8) is 0 Å². The number of aryl methyl sites for hydroxylation is 1. The summed E-state index contributed by atoms with van der Waals surface area (Å²) in [5, 5.41) is 2.87. The first-order valence-electron chi connectivity index (χ1n) is 9.21. The molecule has 2 aromatic carbocycles. The maximum Gasteiger partial charge on any atom is 0.239 e. The molecule has 0 aliphatic rings. The molecule has 0 unspecified atom stereocenters. The van der Waals surface area contributed by atoms with Crippen molar-refractivity contribution in [3.05, 3.63) is 59.2 Å². The molecule has 1 N–H and O–H groups in total. The second kappa shape index (κ2) is 10.3. The Kier molecular flexibility index (Phi) is 7.87. The summed E-state index contributed by atoms with van der Waals surface area (Å²) in [6.45, 7) is 4.42. The molecule has 0 atom stereocenters. The first kappa shape index (κ1) is 21.3. The summed E-state index contributed by atoms with van der Waals surface area (Å²) >= 11 is 0. The van der Waals surface area contributed by atoms with Crippen molar-refractivity contribution in [2.75, 3.05) is 27.3 Å². The minimum atomic E-state index is -0.178. The van der Waals surface area contributed by atoms with Gasteiger partial charge in [0.25, 0.3) is 0 Å². The van der Waals surface area contributed by atoms with Crippen LogP contribution in [0.5, 0.6) is 11.5 Å². The lowest BCUT2D eigenvalue weighted by atomic mass is 10.1. The summed E-state index contributed by atoms with van der Waals surface area (Å²) in [5.41, 5.74) is 3.19. The van der Waals surface area contributed by atoms with E-state index in [0.717, 1.165) is 16.7 Å². The summed E-state index contributed by atoms with van der Waals surface area (Å²) in [6.07, 6.45) is 0.657. The Bertz CT molecular complexity index is 803. The van der Waals surface area contributed by atoms with Gasteiger partial charge in [-0.15, -0.1) is 0 Å². The van der Waals surface area contributed by atoms with Crippen LogP contribution in [0.4, 0.5) is 0 Å². The number of carbonyl (C=O) groups excluding carboxylic acids is 2. The highest BCUT2D eigenvalue weighted by Crippen LogP contribution is 2.27. The van der Waals surface area contributed by atoms with Crippen molar-refractivity contribution in [2.24, 2.45) is 0 Å². The van der Waals surface area contributed by atoms with Crippen LogP contribution < -0.4 is 14.8 Å². The molecule has 0 radical (unpaired) electrons. The fraction of sp³-hybridized carbons (Fsp3) is 0.364. The van der Waals surface area contributed by atoms with E-state index in [-0.39, 0.29) is 18.4 Å². The zero-order valence-corrected chi connectivity index (χ0v) is 17.0. The molecule has 0 aromatic heterocycles. The number of nitrogens with zero attached hydrogens (tertiary/aromatic N) is 1. The van der Waals surface area contributed by atoms with Crippen LogP contribution in [0.3, 0.4) is 0 Å². The lowest BCUT2D eigenvalue weighted by Gasteiger charge is -2.21. The van der Waals surface area contributed by atoms with E-state index < -0.39 is 0 Å². The maximum atomic E-state index is 12.3. The van der Waals surface area contributed by atoms with Crippen molar-refractivity contribution < 1.29 is 19.1 Å². The lowest BCUT2D eigenvalue weighted by Crippen LogP contribution is -2.39. The quantitative estimate of drug-likeness (QED) is 0.722. The van der Waals surface area contributed by atoms with Gasteiger partial charge in [-0.05, 0) is 36.6 Å². The van der Waals surface area contributed by atoms with Crippen molar-refractivity contribution in [3.8, 4) is 11.5 Å². The Morgan fingerprint density at radius 1 is 0.964 bits per heavy atom. The molecular formula is C22H28N2O4. The average molecular weight is 384 g/mol. The van der Waals surface area contributed by atoms with Gasteiger partial charge in [-0.1, -0.05) is 35.9 Å². The molecule has 28 heavy (non-hydrogen) atoms. The van der Waals surface area contributed by atoms with Gasteiger partial charge in [-0.3, -0.25) is 9.59 Å². The molecule has 0 aliphatic carbocycles. The van der Waals surface area contributed by atoms with E-state index >= 15 is 0 Å². The molecule has 2 rings (SSSR count). The van der Waals surface area contributed by atoms with Gasteiger partial charge in [0.15, 0.2) is 11.5 Å². The Morgan fingerprint density at radius 3 is 2.21 bits per heavy atom. The second-order valence-corrected chi connectivity index (χ2v) is 6.65. The molecule has 0 saturated carbocycles. The summed E-state index contributed by atoms with van der Waals surface area (Å²) in [7, 11) is 3.18. The molecule has 2 aromatic rings. The molecule has 0 fully saturated rings. The van der Waals surface area contributed by atoms with Crippen molar-refractivity contribution >= 4 is 11.8 Å². The van der Waals surface area contributed by atoms with Gasteiger partial charge in [0, 0.05) is 20.0 Å². The molecular weight excluding hydrogens is 356 g/mol. The molecule has 6 nitrogen and oxygen atoms in total. The highest BCUT2D eigenvalue weighted by molar-refractivity contribution is 5.83. The van der Waals surface area contributed by atoms with E-state index in [0.29, 0.717) is 31.0 Å². The smallest absolute Gasteiger partial charge is 0.239 e. The van der Waals surface area contributed by atoms with Crippen molar-refractivity contribution in [2.45, 2.75) is 26.8 Å². The minimum absolute atomic E-state index is 0.0368. The van der Waals surface area contributed by atoms with Crippen LogP contribution in [0.2, 0.25) is 0 Å². The monoisotopic (exact) mass is 384 g/mol. The number of rotatable bonds is 9. The van der Waals surface area contributed by atoms with Crippen LogP contribution in [0, 0.1) is 6.92 Å². The van der Waals surface area contributed by atoms with E-state index in [1.165, 1.54) is 11.8 Å². The Labute approximate surface area is 166 Å². The third-order valence-corrected chi connectivity index (χ3v) is 4.46. The molecule has 150 valence electrons. The van der Waals surface area contributed by atoms with E-state index in [4.69, 9.17) is 9.47 Å². The molecule has 2 amide bonds. The third-order valence-electron chi connectivity index (χ3n) is 4.46. The predicted octanol–water partition coefficient (Wildman–Crippen LogP) is 2.72. The molecule has 6 heteroatoms. The first-order valence-corrected chi connectivity index (χ1v) is 9.21. The highest BCUT2D eigenvalue weighted by atomic mass is 16.5. The molecule has 0 saturated heterocycles. The minimum Gasteiger partial charge on any atom is -0.493 e. The fourth-order valence-corrected chi connectivity index (χ4v) is 2.80. The third kappa shape index (κ3) is 6.30. The molecule has 0 aliphatic heterocycles. The van der Waals surface area contributed by atoms with E-state index in [1.807, 2.05) is 49.4 Å². The van der Waals surface area contributed by atoms with Gasteiger partial charge >= 0.3 is 0 Å². The highest BCUT2D eigenvalue weighted by Gasteiger charge is 2.14. The largest absolute Gasteiger partial charge is 0.493 e. The van der Waals surface area contributed by atoms with Crippen LogP contribution in [0.15, 0.2) is 42.5 Å². The molecule has 0 heterocycles. The maximum absolute atomic E-state index is 12.3. The van der Waals surface area contributed by atoms with E-state index in [9.17, 15) is 9.59 Å². The molecule has 0 bridgehead atoms.